The molecule has 0 aromatic heterocycles. The number of nitrogens with two attached hydrogens (primary N) is 1. The van der Waals surface area contributed by atoms with Crippen molar-refractivity contribution in [3.63, 3.8) is 0 Å². The van der Waals surface area contributed by atoms with Crippen LogP contribution < -0.4 is 11.1 Å². The van der Waals surface area contributed by atoms with Crippen LogP contribution in [0.15, 0.2) is 24.3 Å². The zero-order valence-electron chi connectivity index (χ0n) is 9.62. The fraction of sp³-hybridized carbons (Fsp3) is 0.462. The second kappa shape index (κ2) is 4.16. The van der Waals surface area contributed by atoms with Crippen molar-refractivity contribution < 1.29 is 4.79 Å². The summed E-state index contributed by atoms with van der Waals surface area (Å²) in [6.45, 7) is 2.98. The molecular weight excluding hydrogens is 200 g/mol. The summed E-state index contributed by atoms with van der Waals surface area (Å²) in [7, 11) is 0. The summed E-state index contributed by atoms with van der Waals surface area (Å²) in [5.41, 5.74) is 7.33. The highest BCUT2D eigenvalue weighted by atomic mass is 16.1. The van der Waals surface area contributed by atoms with Crippen LogP contribution in [-0.2, 0) is 0 Å². The largest absolute Gasteiger partial charge is 0.399 e. The van der Waals surface area contributed by atoms with Gasteiger partial charge in [0.15, 0.2) is 0 Å². The third-order valence-electron chi connectivity index (χ3n) is 3.50. The Morgan fingerprint density at radius 3 is 2.50 bits per heavy atom. The molecule has 1 fully saturated rings. The molecule has 1 aromatic carbocycles. The van der Waals surface area contributed by atoms with E-state index in [1.807, 2.05) is 0 Å². The first-order valence-electron chi connectivity index (χ1n) is 5.79. The molecule has 3 nitrogen and oxygen atoms in total. The predicted molar refractivity (Wildman–Crippen MR) is 65.1 cm³/mol. The maximum absolute atomic E-state index is 11.8. The minimum absolute atomic E-state index is 0.000255. The van der Waals surface area contributed by atoms with Gasteiger partial charge in [-0.05, 0) is 48.9 Å². The normalized spacial score (nSPS) is 16.8. The first-order valence-corrected chi connectivity index (χ1v) is 5.79. The Balaban J connectivity index is 1.91. The number of nitrogens with one attached hydrogen (secondary N) is 1. The zero-order valence-corrected chi connectivity index (χ0v) is 9.62. The molecule has 1 saturated carbocycles. The van der Waals surface area contributed by atoms with E-state index < -0.39 is 0 Å². The van der Waals surface area contributed by atoms with Gasteiger partial charge in [-0.15, -0.1) is 0 Å². The molecule has 1 aliphatic carbocycles. The Morgan fingerprint density at radius 2 is 2.00 bits per heavy atom. The highest BCUT2D eigenvalue weighted by molar-refractivity contribution is 5.94. The smallest absolute Gasteiger partial charge is 0.251 e. The van der Waals surface area contributed by atoms with E-state index in [2.05, 4.69) is 12.2 Å². The van der Waals surface area contributed by atoms with Crippen molar-refractivity contribution in [3.05, 3.63) is 29.8 Å². The van der Waals surface area contributed by atoms with Gasteiger partial charge in [0, 0.05) is 17.8 Å². The standard InChI is InChI=1S/C13H18N2O/c1-2-13(7-8-13)9-15-12(16)10-3-5-11(14)6-4-10/h3-6H,2,7-9,14H2,1H3,(H,15,16). The molecule has 1 aromatic rings. The number of amides is 1. The molecule has 0 atom stereocenters. The first-order chi connectivity index (χ1) is 7.65. The molecule has 0 bridgehead atoms. The third-order valence-corrected chi connectivity index (χ3v) is 3.50. The van der Waals surface area contributed by atoms with E-state index in [-0.39, 0.29) is 5.91 Å². The molecule has 3 heteroatoms. The Bertz CT molecular complexity index is 379. The van der Waals surface area contributed by atoms with E-state index in [1.165, 1.54) is 12.8 Å². The monoisotopic (exact) mass is 218 g/mol. The van der Waals surface area contributed by atoms with Gasteiger partial charge in [0.2, 0.25) is 0 Å². The topological polar surface area (TPSA) is 55.1 Å². The van der Waals surface area contributed by atoms with Gasteiger partial charge in [-0.1, -0.05) is 6.92 Å². The lowest BCUT2D eigenvalue weighted by atomic mass is 10.0. The van der Waals surface area contributed by atoms with Gasteiger partial charge in [0.05, 0.1) is 0 Å². The number of anilines is 1. The van der Waals surface area contributed by atoms with Crippen LogP contribution in [0.2, 0.25) is 0 Å². The summed E-state index contributed by atoms with van der Waals surface area (Å²) in [4.78, 5) is 11.8. The van der Waals surface area contributed by atoms with Crippen molar-refractivity contribution in [1.82, 2.24) is 5.32 Å². The van der Waals surface area contributed by atoms with Crippen LogP contribution in [-0.4, -0.2) is 12.5 Å². The molecule has 0 aliphatic heterocycles. The maximum atomic E-state index is 11.8. The summed E-state index contributed by atoms with van der Waals surface area (Å²) in [6, 6.07) is 7.02. The Kier molecular flexibility index (Phi) is 2.86. The summed E-state index contributed by atoms with van der Waals surface area (Å²) < 4.78 is 0. The molecule has 0 unspecified atom stereocenters. The third kappa shape index (κ3) is 2.35. The number of hydrogen-bond donors (Lipinski definition) is 2. The van der Waals surface area contributed by atoms with Gasteiger partial charge in [0.1, 0.15) is 0 Å². The maximum Gasteiger partial charge on any atom is 0.251 e. The quantitative estimate of drug-likeness (QED) is 0.761. The van der Waals surface area contributed by atoms with Crippen LogP contribution in [0.5, 0.6) is 0 Å². The molecule has 1 amide bonds. The second-order valence-corrected chi connectivity index (χ2v) is 4.66. The van der Waals surface area contributed by atoms with Crippen molar-refractivity contribution in [2.75, 3.05) is 12.3 Å². The number of rotatable bonds is 4. The Morgan fingerprint density at radius 1 is 1.38 bits per heavy atom. The van der Waals surface area contributed by atoms with Crippen molar-refractivity contribution >= 4 is 11.6 Å². The number of carbonyl (C=O) groups excluding carboxylic acids is 1. The fourth-order valence-corrected chi connectivity index (χ4v) is 1.84. The Hall–Kier alpha value is -1.51. The first kappa shape index (κ1) is 11.0. The molecular formula is C13H18N2O. The molecule has 16 heavy (non-hydrogen) atoms. The predicted octanol–water partition coefficient (Wildman–Crippen LogP) is 2.19. The van der Waals surface area contributed by atoms with Gasteiger partial charge < -0.3 is 11.1 Å². The number of nitrogen functional groups attached to an aromatic ring is 1. The minimum Gasteiger partial charge on any atom is -0.399 e. The molecule has 0 heterocycles. The van der Waals surface area contributed by atoms with Crippen LogP contribution in [0.4, 0.5) is 5.69 Å². The lowest BCUT2D eigenvalue weighted by Gasteiger charge is -2.13. The average Bonchev–Trinajstić information content (AvgIpc) is 3.08. The molecule has 2 rings (SSSR count). The van der Waals surface area contributed by atoms with Crippen LogP contribution >= 0.6 is 0 Å². The molecule has 3 N–H and O–H groups in total. The van der Waals surface area contributed by atoms with Gasteiger partial charge in [-0.3, -0.25) is 4.79 Å². The molecule has 1 aliphatic rings. The van der Waals surface area contributed by atoms with Gasteiger partial charge in [-0.25, -0.2) is 0 Å². The van der Waals surface area contributed by atoms with Crippen molar-refractivity contribution in [1.29, 1.82) is 0 Å². The highest BCUT2D eigenvalue weighted by Gasteiger charge is 2.40. The van der Waals surface area contributed by atoms with Gasteiger partial charge >= 0.3 is 0 Å². The molecule has 0 radical (unpaired) electrons. The van der Waals surface area contributed by atoms with E-state index >= 15 is 0 Å². The highest BCUT2D eigenvalue weighted by Crippen LogP contribution is 2.47. The van der Waals surface area contributed by atoms with E-state index in [0.717, 1.165) is 13.0 Å². The van der Waals surface area contributed by atoms with Crippen LogP contribution in [0, 0.1) is 5.41 Å². The average molecular weight is 218 g/mol. The van der Waals surface area contributed by atoms with E-state index in [4.69, 9.17) is 5.73 Å². The van der Waals surface area contributed by atoms with Crippen molar-refractivity contribution in [2.45, 2.75) is 26.2 Å². The summed E-state index contributed by atoms with van der Waals surface area (Å²) in [5.74, 6) is -0.000255. The minimum atomic E-state index is -0.000255. The van der Waals surface area contributed by atoms with Gasteiger partial charge in [0.25, 0.3) is 5.91 Å². The second-order valence-electron chi connectivity index (χ2n) is 4.66. The molecule has 0 spiro atoms. The zero-order chi connectivity index (χ0) is 11.6. The van der Waals surface area contributed by atoms with Crippen LogP contribution in [0.25, 0.3) is 0 Å². The Labute approximate surface area is 96.0 Å². The van der Waals surface area contributed by atoms with Crippen LogP contribution in [0.1, 0.15) is 36.5 Å². The number of benzene rings is 1. The summed E-state index contributed by atoms with van der Waals surface area (Å²) in [5, 5.41) is 2.99. The fourth-order valence-electron chi connectivity index (χ4n) is 1.84. The number of hydrogen-bond acceptors (Lipinski definition) is 2. The number of carbonyl (C=O) groups is 1. The summed E-state index contributed by atoms with van der Waals surface area (Å²) in [6.07, 6.45) is 3.63. The van der Waals surface area contributed by atoms with E-state index in [9.17, 15) is 4.79 Å². The van der Waals surface area contributed by atoms with E-state index in [0.29, 0.717) is 16.7 Å². The lowest BCUT2D eigenvalue weighted by molar-refractivity contribution is 0.0944. The van der Waals surface area contributed by atoms with Crippen molar-refractivity contribution in [2.24, 2.45) is 5.41 Å². The summed E-state index contributed by atoms with van der Waals surface area (Å²) >= 11 is 0. The van der Waals surface area contributed by atoms with Crippen LogP contribution in [0.3, 0.4) is 0 Å². The van der Waals surface area contributed by atoms with Crippen molar-refractivity contribution in [3.8, 4) is 0 Å². The van der Waals surface area contributed by atoms with Gasteiger partial charge in [-0.2, -0.15) is 0 Å². The molecule has 86 valence electrons. The van der Waals surface area contributed by atoms with E-state index in [1.54, 1.807) is 24.3 Å². The molecule has 0 saturated heterocycles. The lowest BCUT2D eigenvalue weighted by Crippen LogP contribution is -2.29. The SMILES string of the molecule is CCC1(CNC(=O)c2ccc(N)cc2)CC1.